The standard InChI is InChI=1S/C15H15Br2NO2S/c1-11-5-3-4-6-12(11)10-18(2)21(19,20)15-9-13(16)7-8-14(15)17/h3-9H,10H2,1-2H3. The van der Waals surface area contributed by atoms with Gasteiger partial charge in [-0.3, -0.25) is 0 Å². The van der Waals surface area contributed by atoms with Crippen LogP contribution in [0.3, 0.4) is 0 Å². The molecule has 0 spiro atoms. The molecule has 2 aromatic rings. The minimum Gasteiger partial charge on any atom is -0.207 e. The van der Waals surface area contributed by atoms with Gasteiger partial charge in [0.2, 0.25) is 10.0 Å². The van der Waals surface area contributed by atoms with Crippen molar-refractivity contribution in [2.45, 2.75) is 18.4 Å². The molecular weight excluding hydrogens is 418 g/mol. The lowest BCUT2D eigenvalue weighted by atomic mass is 10.1. The first-order chi connectivity index (χ1) is 9.82. The summed E-state index contributed by atoms with van der Waals surface area (Å²) in [5.74, 6) is 0. The van der Waals surface area contributed by atoms with Gasteiger partial charge in [-0.1, -0.05) is 40.2 Å². The Hall–Kier alpha value is -0.690. The maximum atomic E-state index is 12.7. The van der Waals surface area contributed by atoms with Gasteiger partial charge in [0, 0.05) is 22.5 Å². The summed E-state index contributed by atoms with van der Waals surface area (Å²) in [4.78, 5) is 0.257. The van der Waals surface area contributed by atoms with Crippen molar-refractivity contribution in [2.24, 2.45) is 0 Å². The molecule has 0 heterocycles. The van der Waals surface area contributed by atoms with Crippen molar-refractivity contribution in [3.63, 3.8) is 0 Å². The van der Waals surface area contributed by atoms with Crippen LogP contribution in [0.5, 0.6) is 0 Å². The van der Waals surface area contributed by atoms with Crippen LogP contribution in [0.25, 0.3) is 0 Å². The van der Waals surface area contributed by atoms with E-state index in [1.807, 2.05) is 31.2 Å². The molecule has 0 aromatic heterocycles. The fourth-order valence-electron chi connectivity index (χ4n) is 1.96. The van der Waals surface area contributed by atoms with Crippen LogP contribution in [-0.4, -0.2) is 19.8 Å². The summed E-state index contributed by atoms with van der Waals surface area (Å²) in [6.45, 7) is 2.32. The molecule has 6 heteroatoms. The van der Waals surface area contributed by atoms with Crippen molar-refractivity contribution in [1.29, 1.82) is 0 Å². The number of hydrogen-bond acceptors (Lipinski definition) is 2. The van der Waals surface area contributed by atoms with Crippen molar-refractivity contribution in [3.05, 3.63) is 62.5 Å². The lowest BCUT2D eigenvalue weighted by Crippen LogP contribution is -2.27. The molecule has 0 bridgehead atoms. The average molecular weight is 433 g/mol. The van der Waals surface area contributed by atoms with Crippen LogP contribution in [0, 0.1) is 6.92 Å². The lowest BCUT2D eigenvalue weighted by Gasteiger charge is -2.19. The summed E-state index contributed by atoms with van der Waals surface area (Å²) in [7, 11) is -1.96. The van der Waals surface area contributed by atoms with Gasteiger partial charge in [0.1, 0.15) is 0 Å². The van der Waals surface area contributed by atoms with Crippen LogP contribution < -0.4 is 0 Å². The molecule has 0 unspecified atom stereocenters. The Morgan fingerprint density at radius 1 is 1.10 bits per heavy atom. The molecule has 0 aliphatic carbocycles. The molecule has 2 aromatic carbocycles. The normalized spacial score (nSPS) is 11.9. The van der Waals surface area contributed by atoms with Gasteiger partial charge in [-0.2, -0.15) is 4.31 Å². The summed E-state index contributed by atoms with van der Waals surface area (Å²) in [5.41, 5.74) is 2.07. The van der Waals surface area contributed by atoms with Gasteiger partial charge in [-0.15, -0.1) is 0 Å². The SMILES string of the molecule is Cc1ccccc1CN(C)S(=O)(=O)c1cc(Br)ccc1Br. The average Bonchev–Trinajstić information content (AvgIpc) is 2.43. The number of sulfonamides is 1. The van der Waals surface area contributed by atoms with Crippen molar-refractivity contribution in [2.75, 3.05) is 7.05 Å². The molecule has 0 saturated heterocycles. The van der Waals surface area contributed by atoms with Crippen LogP contribution in [0.15, 0.2) is 56.3 Å². The summed E-state index contributed by atoms with van der Waals surface area (Å²) in [6, 6.07) is 12.9. The van der Waals surface area contributed by atoms with Crippen molar-refractivity contribution in [1.82, 2.24) is 4.31 Å². The van der Waals surface area contributed by atoms with E-state index in [-0.39, 0.29) is 4.90 Å². The number of halogens is 2. The van der Waals surface area contributed by atoms with E-state index in [0.717, 1.165) is 15.6 Å². The van der Waals surface area contributed by atoms with Crippen LogP contribution >= 0.6 is 31.9 Å². The number of rotatable bonds is 4. The number of nitrogens with zero attached hydrogens (tertiary/aromatic N) is 1. The second-order valence-electron chi connectivity index (χ2n) is 4.76. The van der Waals surface area contributed by atoms with E-state index in [9.17, 15) is 8.42 Å². The van der Waals surface area contributed by atoms with E-state index >= 15 is 0 Å². The highest BCUT2D eigenvalue weighted by Crippen LogP contribution is 2.28. The third-order valence-corrected chi connectivity index (χ3v) is 6.53. The molecule has 0 aliphatic heterocycles. The molecule has 2 rings (SSSR count). The minimum atomic E-state index is -3.55. The Bertz CT molecular complexity index is 760. The van der Waals surface area contributed by atoms with E-state index in [2.05, 4.69) is 31.9 Å². The van der Waals surface area contributed by atoms with Gasteiger partial charge >= 0.3 is 0 Å². The lowest BCUT2D eigenvalue weighted by molar-refractivity contribution is 0.465. The first-order valence-electron chi connectivity index (χ1n) is 6.28. The first-order valence-corrected chi connectivity index (χ1v) is 9.31. The smallest absolute Gasteiger partial charge is 0.207 e. The zero-order valence-electron chi connectivity index (χ0n) is 11.7. The molecule has 112 valence electrons. The third-order valence-electron chi connectivity index (χ3n) is 3.24. The van der Waals surface area contributed by atoms with Crippen molar-refractivity contribution in [3.8, 4) is 0 Å². The highest BCUT2D eigenvalue weighted by molar-refractivity contribution is 9.11. The van der Waals surface area contributed by atoms with Crippen LogP contribution in [0.2, 0.25) is 0 Å². The molecule has 0 radical (unpaired) electrons. The highest BCUT2D eigenvalue weighted by atomic mass is 79.9. The van der Waals surface area contributed by atoms with E-state index < -0.39 is 10.0 Å². The molecule has 0 aliphatic rings. The van der Waals surface area contributed by atoms with Gasteiger partial charge in [0.15, 0.2) is 0 Å². The molecule has 21 heavy (non-hydrogen) atoms. The first kappa shape index (κ1) is 16.7. The minimum absolute atomic E-state index is 0.257. The summed E-state index contributed by atoms with van der Waals surface area (Å²) >= 11 is 6.62. The Morgan fingerprint density at radius 3 is 2.43 bits per heavy atom. The topological polar surface area (TPSA) is 37.4 Å². The van der Waals surface area contributed by atoms with Gasteiger partial charge in [0.25, 0.3) is 0 Å². The number of benzene rings is 2. The van der Waals surface area contributed by atoms with E-state index in [1.54, 1.807) is 25.2 Å². The van der Waals surface area contributed by atoms with Crippen molar-refractivity contribution >= 4 is 41.9 Å². The summed E-state index contributed by atoms with van der Waals surface area (Å²) in [6.07, 6.45) is 0. The quantitative estimate of drug-likeness (QED) is 0.720. The van der Waals surface area contributed by atoms with Crippen molar-refractivity contribution < 1.29 is 8.42 Å². The van der Waals surface area contributed by atoms with Gasteiger partial charge < -0.3 is 0 Å². The predicted molar refractivity (Wildman–Crippen MR) is 91.7 cm³/mol. The largest absolute Gasteiger partial charge is 0.244 e. The van der Waals surface area contributed by atoms with E-state index in [4.69, 9.17) is 0 Å². The fourth-order valence-corrected chi connectivity index (χ4v) is 4.56. The predicted octanol–water partition coefficient (Wildman–Crippen LogP) is 4.34. The van der Waals surface area contributed by atoms with Gasteiger partial charge in [0.05, 0.1) is 4.90 Å². The molecule has 0 N–H and O–H groups in total. The molecule has 0 fully saturated rings. The summed E-state index contributed by atoms with van der Waals surface area (Å²) in [5, 5.41) is 0. The highest BCUT2D eigenvalue weighted by Gasteiger charge is 2.24. The Labute approximate surface area is 142 Å². The summed E-state index contributed by atoms with van der Waals surface area (Å²) < 4.78 is 28.0. The maximum absolute atomic E-state index is 12.7. The number of aryl methyl sites for hydroxylation is 1. The van der Waals surface area contributed by atoms with Crippen LogP contribution in [0.1, 0.15) is 11.1 Å². The fraction of sp³-hybridized carbons (Fsp3) is 0.200. The van der Waals surface area contributed by atoms with E-state index in [1.165, 1.54) is 4.31 Å². The second kappa shape index (κ2) is 6.60. The molecular formula is C15H15Br2NO2S. The Balaban J connectivity index is 2.35. The van der Waals surface area contributed by atoms with Gasteiger partial charge in [-0.05, 0) is 52.2 Å². The van der Waals surface area contributed by atoms with E-state index in [0.29, 0.717) is 11.0 Å². The molecule has 0 amide bonds. The molecule has 0 atom stereocenters. The zero-order chi connectivity index (χ0) is 15.6. The number of hydrogen-bond donors (Lipinski definition) is 0. The Morgan fingerprint density at radius 2 is 1.76 bits per heavy atom. The maximum Gasteiger partial charge on any atom is 0.244 e. The molecule has 3 nitrogen and oxygen atoms in total. The second-order valence-corrected chi connectivity index (χ2v) is 8.55. The molecule has 0 saturated carbocycles. The van der Waals surface area contributed by atoms with Crippen LogP contribution in [0.4, 0.5) is 0 Å². The monoisotopic (exact) mass is 431 g/mol. The third kappa shape index (κ3) is 3.74. The Kier molecular flexibility index (Phi) is 5.24. The zero-order valence-corrected chi connectivity index (χ0v) is 15.7. The van der Waals surface area contributed by atoms with Crippen LogP contribution in [-0.2, 0) is 16.6 Å². The van der Waals surface area contributed by atoms with Gasteiger partial charge in [-0.25, -0.2) is 8.42 Å².